The Morgan fingerprint density at radius 2 is 1.05 bits per heavy atom. The molecule has 1 unspecified atom stereocenters. The fraction of sp³-hybridized carbons (Fsp3) is 0.0270. The van der Waals surface area contributed by atoms with Crippen LogP contribution in [0.1, 0.15) is 22.3 Å². The van der Waals surface area contributed by atoms with Crippen molar-refractivity contribution >= 4 is 43.9 Å². The van der Waals surface area contributed by atoms with Gasteiger partial charge in [0.25, 0.3) is 0 Å². The van der Waals surface area contributed by atoms with Gasteiger partial charge in [0.1, 0.15) is 11.5 Å². The van der Waals surface area contributed by atoms with Crippen molar-refractivity contribution in [2.24, 2.45) is 0 Å². The van der Waals surface area contributed by atoms with Gasteiger partial charge in [-0.05, 0) is 67.9 Å². The summed E-state index contributed by atoms with van der Waals surface area (Å²) in [5, 5.41) is 7.72. The highest BCUT2D eigenvalue weighted by atomic mass is 35.5. The van der Waals surface area contributed by atoms with Crippen LogP contribution in [0.3, 0.4) is 0 Å². The summed E-state index contributed by atoms with van der Waals surface area (Å²) in [7, 11) is 0. The topological polar surface area (TPSA) is 9.23 Å². The van der Waals surface area contributed by atoms with Gasteiger partial charge in [0.15, 0.2) is 0 Å². The van der Waals surface area contributed by atoms with Gasteiger partial charge in [0, 0.05) is 22.1 Å². The molecular weight excluding hydrogens is 496 g/mol. The molecule has 0 amide bonds. The minimum atomic E-state index is -0.573. The van der Waals surface area contributed by atoms with Crippen LogP contribution in [0, 0.1) is 0 Å². The summed E-state index contributed by atoms with van der Waals surface area (Å²) in [6.07, 6.45) is 0. The van der Waals surface area contributed by atoms with Crippen LogP contribution in [-0.2, 0) is 5.41 Å². The molecule has 2 heteroatoms. The molecular formula is C37H21ClO. The first-order valence-corrected chi connectivity index (χ1v) is 13.7. The largest absolute Gasteiger partial charge is 0.457 e. The summed E-state index contributed by atoms with van der Waals surface area (Å²) in [5.74, 6) is 1.79. The van der Waals surface area contributed by atoms with Crippen LogP contribution < -0.4 is 4.74 Å². The third kappa shape index (κ3) is 2.61. The van der Waals surface area contributed by atoms with Crippen molar-refractivity contribution in [1.82, 2.24) is 0 Å². The molecule has 182 valence electrons. The first-order valence-electron chi connectivity index (χ1n) is 13.3. The van der Waals surface area contributed by atoms with E-state index in [4.69, 9.17) is 16.3 Å². The van der Waals surface area contributed by atoms with Crippen LogP contribution in [0.25, 0.3) is 43.4 Å². The van der Waals surface area contributed by atoms with Gasteiger partial charge >= 0.3 is 0 Å². The number of hydrogen-bond donors (Lipinski definition) is 0. The molecule has 2 aliphatic rings. The van der Waals surface area contributed by atoms with Crippen molar-refractivity contribution in [1.29, 1.82) is 0 Å². The molecule has 0 bridgehead atoms. The molecule has 0 radical (unpaired) electrons. The smallest absolute Gasteiger partial charge is 0.133 e. The fourth-order valence-corrected chi connectivity index (χ4v) is 7.52. The molecule has 7 aromatic carbocycles. The van der Waals surface area contributed by atoms with Crippen LogP contribution in [0.5, 0.6) is 11.5 Å². The van der Waals surface area contributed by atoms with Crippen LogP contribution in [0.15, 0.2) is 127 Å². The van der Waals surface area contributed by atoms with E-state index in [-0.39, 0.29) is 0 Å². The van der Waals surface area contributed by atoms with E-state index in [0.29, 0.717) is 0 Å². The van der Waals surface area contributed by atoms with E-state index in [2.05, 4.69) is 127 Å². The van der Waals surface area contributed by atoms with Gasteiger partial charge in [-0.2, -0.15) is 0 Å². The molecule has 7 aromatic rings. The maximum atomic E-state index is 7.44. The normalized spacial score (nSPS) is 16.6. The Morgan fingerprint density at radius 3 is 1.82 bits per heavy atom. The number of benzene rings is 7. The van der Waals surface area contributed by atoms with Gasteiger partial charge in [-0.15, -0.1) is 0 Å². The highest BCUT2D eigenvalue weighted by Crippen LogP contribution is 2.66. The predicted octanol–water partition coefficient (Wildman–Crippen LogP) is 10.3. The Bertz CT molecular complexity index is 2160. The number of hydrogen-bond acceptors (Lipinski definition) is 1. The van der Waals surface area contributed by atoms with E-state index in [0.717, 1.165) is 43.8 Å². The lowest BCUT2D eigenvalue weighted by atomic mass is 9.65. The standard InChI is InChI=1S/C37H21ClO/c38-36-28-17-9-7-12-24(28)19-30-34(36)33-27-16-8-6-13-25(27)21-32-35(33)37(30,26-14-2-1-3-15-26)29-18-22-10-4-5-11-23(22)20-31(29)39-32/h1-21H. The Hall–Kier alpha value is -4.59. The molecule has 0 spiro atoms. The van der Waals surface area contributed by atoms with Gasteiger partial charge in [0.05, 0.1) is 10.4 Å². The second kappa shape index (κ2) is 7.50. The van der Waals surface area contributed by atoms with E-state index in [1.807, 2.05) is 0 Å². The Labute approximate surface area is 230 Å². The van der Waals surface area contributed by atoms with Gasteiger partial charge < -0.3 is 4.74 Å². The molecule has 1 atom stereocenters. The molecule has 0 saturated heterocycles. The number of halogens is 1. The van der Waals surface area contributed by atoms with Gasteiger partial charge in [-0.3, -0.25) is 0 Å². The van der Waals surface area contributed by atoms with Crippen molar-refractivity contribution < 1.29 is 4.74 Å². The van der Waals surface area contributed by atoms with Crippen molar-refractivity contribution in [3.05, 3.63) is 155 Å². The summed E-state index contributed by atoms with van der Waals surface area (Å²) in [4.78, 5) is 0. The third-order valence-corrected chi connectivity index (χ3v) is 9.10. The van der Waals surface area contributed by atoms with Crippen molar-refractivity contribution in [3.63, 3.8) is 0 Å². The van der Waals surface area contributed by atoms with E-state index < -0.39 is 5.41 Å². The first kappa shape index (κ1) is 21.4. The predicted molar refractivity (Wildman–Crippen MR) is 161 cm³/mol. The summed E-state index contributed by atoms with van der Waals surface area (Å²) < 4.78 is 6.86. The van der Waals surface area contributed by atoms with Crippen LogP contribution in [-0.4, -0.2) is 0 Å². The lowest BCUT2D eigenvalue weighted by Gasteiger charge is -2.39. The second-order valence-corrected chi connectivity index (χ2v) is 11.0. The Kier molecular flexibility index (Phi) is 4.11. The molecule has 9 rings (SSSR count). The summed E-state index contributed by atoms with van der Waals surface area (Å²) in [5.41, 5.74) is 6.48. The fourth-order valence-electron chi connectivity index (χ4n) is 7.15. The molecule has 39 heavy (non-hydrogen) atoms. The highest BCUT2D eigenvalue weighted by molar-refractivity contribution is 6.39. The van der Waals surface area contributed by atoms with Crippen molar-refractivity contribution in [3.8, 4) is 22.6 Å². The highest BCUT2D eigenvalue weighted by Gasteiger charge is 2.53. The molecule has 1 aliphatic carbocycles. The maximum Gasteiger partial charge on any atom is 0.133 e. The monoisotopic (exact) mass is 516 g/mol. The number of rotatable bonds is 1. The molecule has 1 aliphatic heterocycles. The van der Waals surface area contributed by atoms with Crippen LogP contribution >= 0.6 is 11.6 Å². The lowest BCUT2D eigenvalue weighted by Crippen LogP contribution is -2.32. The lowest BCUT2D eigenvalue weighted by molar-refractivity contribution is 0.440. The van der Waals surface area contributed by atoms with E-state index in [9.17, 15) is 0 Å². The van der Waals surface area contributed by atoms with Gasteiger partial charge in [0.2, 0.25) is 0 Å². The Balaban J connectivity index is 1.58. The minimum absolute atomic E-state index is 0.573. The van der Waals surface area contributed by atoms with E-state index >= 15 is 0 Å². The van der Waals surface area contributed by atoms with Crippen molar-refractivity contribution in [2.45, 2.75) is 5.41 Å². The molecule has 0 saturated carbocycles. The second-order valence-electron chi connectivity index (χ2n) is 10.6. The van der Waals surface area contributed by atoms with Crippen LogP contribution in [0.2, 0.25) is 5.02 Å². The summed E-state index contributed by atoms with van der Waals surface area (Å²) >= 11 is 7.44. The summed E-state index contributed by atoms with van der Waals surface area (Å²) in [6.45, 7) is 0. The van der Waals surface area contributed by atoms with Crippen LogP contribution in [0.4, 0.5) is 0 Å². The molecule has 1 nitrogen and oxygen atoms in total. The van der Waals surface area contributed by atoms with Gasteiger partial charge in [-0.25, -0.2) is 0 Å². The summed E-state index contributed by atoms with van der Waals surface area (Å²) in [6, 6.07) is 45.6. The third-order valence-electron chi connectivity index (χ3n) is 8.71. The SMILES string of the molecule is Clc1c2c(cc3ccccc13)C1(c3ccccc3)c3cc4ccccc4cc3Oc3cc4ccccc4c-2c31. The van der Waals surface area contributed by atoms with Crippen molar-refractivity contribution in [2.75, 3.05) is 0 Å². The van der Waals surface area contributed by atoms with E-state index in [1.54, 1.807) is 0 Å². The molecule has 0 N–H and O–H groups in total. The average Bonchev–Trinajstić information content (AvgIpc) is 3.30. The number of fused-ring (bicyclic) bond motifs is 9. The average molecular weight is 517 g/mol. The zero-order valence-electron chi connectivity index (χ0n) is 20.9. The number of ether oxygens (including phenoxy) is 1. The quantitative estimate of drug-likeness (QED) is 0.211. The zero-order valence-corrected chi connectivity index (χ0v) is 21.7. The maximum absolute atomic E-state index is 7.44. The first-order chi connectivity index (χ1) is 19.2. The molecule has 0 fully saturated rings. The Morgan fingerprint density at radius 1 is 0.487 bits per heavy atom. The van der Waals surface area contributed by atoms with E-state index in [1.165, 1.54) is 38.4 Å². The van der Waals surface area contributed by atoms with Gasteiger partial charge in [-0.1, -0.05) is 115 Å². The molecule has 1 heterocycles. The molecule has 0 aromatic heterocycles. The minimum Gasteiger partial charge on any atom is -0.457 e. The zero-order chi connectivity index (χ0) is 25.7.